The monoisotopic (exact) mass is 502 g/mol. The number of morpholine rings is 1. The summed E-state index contributed by atoms with van der Waals surface area (Å²) in [4.78, 5) is 18.7. The van der Waals surface area contributed by atoms with Crippen LogP contribution in [0, 0.1) is 13.8 Å². The van der Waals surface area contributed by atoms with Crippen molar-refractivity contribution in [3.8, 4) is 22.9 Å². The zero-order valence-electron chi connectivity index (χ0n) is 20.5. The van der Waals surface area contributed by atoms with Gasteiger partial charge in [-0.3, -0.25) is 9.69 Å². The van der Waals surface area contributed by atoms with Crippen molar-refractivity contribution >= 4 is 17.2 Å². The molecule has 1 aliphatic heterocycles. The predicted octanol–water partition coefficient (Wildman–Crippen LogP) is 4.28. The summed E-state index contributed by atoms with van der Waals surface area (Å²) in [5.74, 6) is 0.748. The molecule has 3 N–H and O–H groups in total. The number of nitrogens with one attached hydrogen (secondary N) is 1. The van der Waals surface area contributed by atoms with E-state index in [9.17, 15) is 4.79 Å². The third-order valence-corrected chi connectivity index (χ3v) is 6.39. The number of nitrogens with two attached hydrogens (primary N) is 1. The van der Waals surface area contributed by atoms with Crippen molar-refractivity contribution in [3.63, 3.8) is 0 Å². The topological polar surface area (TPSA) is 107 Å². The van der Waals surface area contributed by atoms with Crippen molar-refractivity contribution in [2.45, 2.75) is 21.3 Å². The first kappa shape index (κ1) is 26.1. The second kappa shape index (κ2) is 11.4. The first-order chi connectivity index (χ1) is 17.5. The smallest absolute Gasteiger partial charge is 0.248 e. The summed E-state index contributed by atoms with van der Waals surface area (Å²) in [5, 5.41) is 8.30. The number of nitrogens with zero attached hydrogens (tertiary/aromatic N) is 4. The number of rotatable bonds is 8. The summed E-state index contributed by atoms with van der Waals surface area (Å²) in [6.07, 6.45) is 1.78. The van der Waals surface area contributed by atoms with Crippen molar-refractivity contribution in [2.75, 3.05) is 44.7 Å². The zero-order valence-corrected chi connectivity index (χ0v) is 20.5. The quantitative estimate of drug-likeness (QED) is 0.370. The average molecular weight is 503 g/mol. The molecule has 3 heterocycles. The van der Waals surface area contributed by atoms with Gasteiger partial charge in [0.2, 0.25) is 11.8 Å². The number of hydrogen-bond acceptors (Lipinski definition) is 7. The normalized spacial score (nSPS) is 13.8. The van der Waals surface area contributed by atoms with Gasteiger partial charge < -0.3 is 20.5 Å². The Balaban J connectivity index is 0.00000320. The molecule has 37 heavy (non-hydrogen) atoms. The molecule has 4 aromatic rings. The summed E-state index contributed by atoms with van der Waals surface area (Å²) in [7, 11) is 0. The SMILES string of the molecule is C.Cc1ccccc1Oc1cc(NCCN2CCOCC2)c2ncc(-c3ccc(C(N)=O)c(C)c3)n2n1. The molecule has 9 nitrogen and oxygen atoms in total. The van der Waals surface area contributed by atoms with E-state index in [1.165, 1.54) is 0 Å². The number of benzene rings is 2. The Morgan fingerprint density at radius 3 is 2.62 bits per heavy atom. The number of amides is 1. The molecule has 2 aromatic heterocycles. The fourth-order valence-electron chi connectivity index (χ4n) is 4.38. The third-order valence-electron chi connectivity index (χ3n) is 6.39. The van der Waals surface area contributed by atoms with Crippen LogP contribution in [0.15, 0.2) is 54.7 Å². The number of imidazole rings is 1. The highest BCUT2D eigenvalue weighted by atomic mass is 16.5. The standard InChI is InChI=1S/C27H30N6O3.CH4/c1-18-5-3-4-6-24(18)36-25-16-22(29-9-10-32-11-13-35-14-12-32)27-30-17-23(33(27)31-25)20-7-8-21(26(28)34)19(2)15-20;/h3-8,15-17,29H,9-14H2,1-2H3,(H2,28,34);1H4. The van der Waals surface area contributed by atoms with Crippen LogP contribution in [0.5, 0.6) is 11.6 Å². The third kappa shape index (κ3) is 5.73. The molecule has 0 spiro atoms. The number of carbonyl (C=O) groups is 1. The second-order valence-corrected chi connectivity index (χ2v) is 8.92. The maximum Gasteiger partial charge on any atom is 0.248 e. The fourth-order valence-corrected chi connectivity index (χ4v) is 4.38. The lowest BCUT2D eigenvalue weighted by atomic mass is 10.0. The minimum absolute atomic E-state index is 0. The minimum Gasteiger partial charge on any atom is -0.437 e. The van der Waals surface area contributed by atoms with Gasteiger partial charge in [0.25, 0.3) is 0 Å². The highest BCUT2D eigenvalue weighted by molar-refractivity contribution is 5.94. The highest BCUT2D eigenvalue weighted by Gasteiger charge is 2.17. The van der Waals surface area contributed by atoms with E-state index in [4.69, 9.17) is 20.3 Å². The number of fused-ring (bicyclic) bond motifs is 1. The molecule has 194 valence electrons. The van der Waals surface area contributed by atoms with Crippen LogP contribution in [0.25, 0.3) is 16.9 Å². The Labute approximate surface area is 217 Å². The average Bonchev–Trinajstić information content (AvgIpc) is 3.30. The lowest BCUT2D eigenvalue weighted by Gasteiger charge is -2.26. The molecule has 5 rings (SSSR count). The van der Waals surface area contributed by atoms with Gasteiger partial charge in [-0.1, -0.05) is 31.7 Å². The maximum atomic E-state index is 11.7. The van der Waals surface area contributed by atoms with Gasteiger partial charge in [0, 0.05) is 43.4 Å². The Hall–Kier alpha value is -3.95. The molecular formula is C28H34N6O3. The van der Waals surface area contributed by atoms with Crippen molar-refractivity contribution < 1.29 is 14.3 Å². The summed E-state index contributed by atoms with van der Waals surface area (Å²) in [6, 6.07) is 15.2. The molecule has 2 aromatic carbocycles. The lowest BCUT2D eigenvalue weighted by molar-refractivity contribution is 0.0398. The first-order valence-corrected chi connectivity index (χ1v) is 12.1. The molecule has 0 bridgehead atoms. The van der Waals surface area contributed by atoms with Crippen molar-refractivity contribution in [2.24, 2.45) is 5.73 Å². The van der Waals surface area contributed by atoms with Crippen LogP contribution in [-0.4, -0.2) is 64.8 Å². The number of anilines is 1. The van der Waals surface area contributed by atoms with Crippen LogP contribution >= 0.6 is 0 Å². The van der Waals surface area contributed by atoms with Gasteiger partial charge in [-0.25, -0.2) is 9.50 Å². The van der Waals surface area contributed by atoms with Crippen molar-refractivity contribution in [1.82, 2.24) is 19.5 Å². The number of primary amides is 1. The van der Waals surface area contributed by atoms with Gasteiger partial charge in [-0.15, -0.1) is 5.10 Å². The van der Waals surface area contributed by atoms with Crippen LogP contribution in [0.4, 0.5) is 5.69 Å². The van der Waals surface area contributed by atoms with E-state index in [1.807, 2.05) is 56.3 Å². The van der Waals surface area contributed by atoms with E-state index >= 15 is 0 Å². The molecule has 1 aliphatic rings. The van der Waals surface area contributed by atoms with Crippen LogP contribution in [-0.2, 0) is 4.74 Å². The maximum absolute atomic E-state index is 11.7. The molecule has 0 atom stereocenters. The molecule has 0 saturated carbocycles. The summed E-state index contributed by atoms with van der Waals surface area (Å²) in [6.45, 7) is 8.92. The number of carbonyl (C=O) groups excluding carboxylic acids is 1. The minimum atomic E-state index is -0.448. The van der Waals surface area contributed by atoms with Crippen molar-refractivity contribution in [3.05, 3.63) is 71.4 Å². The zero-order chi connectivity index (χ0) is 25.1. The molecule has 0 radical (unpaired) electrons. The van der Waals surface area contributed by atoms with E-state index in [0.29, 0.717) is 17.1 Å². The van der Waals surface area contributed by atoms with Crippen LogP contribution in [0.2, 0.25) is 0 Å². The Bertz CT molecular complexity index is 1390. The summed E-state index contributed by atoms with van der Waals surface area (Å²) < 4.78 is 13.4. The molecule has 0 aliphatic carbocycles. The van der Waals surface area contributed by atoms with Crippen LogP contribution in [0.1, 0.15) is 28.9 Å². The molecule has 1 saturated heterocycles. The van der Waals surface area contributed by atoms with Gasteiger partial charge in [-0.05, 0) is 43.2 Å². The van der Waals surface area contributed by atoms with Gasteiger partial charge >= 0.3 is 0 Å². The van der Waals surface area contributed by atoms with Crippen molar-refractivity contribution in [1.29, 1.82) is 0 Å². The van der Waals surface area contributed by atoms with E-state index in [0.717, 1.165) is 73.2 Å². The molecular weight excluding hydrogens is 468 g/mol. The molecule has 0 unspecified atom stereocenters. The number of para-hydroxylation sites is 1. The molecule has 1 amide bonds. The van der Waals surface area contributed by atoms with Gasteiger partial charge in [0.1, 0.15) is 5.75 Å². The lowest BCUT2D eigenvalue weighted by Crippen LogP contribution is -2.39. The number of hydrogen-bond donors (Lipinski definition) is 2. The Morgan fingerprint density at radius 1 is 1.11 bits per heavy atom. The van der Waals surface area contributed by atoms with E-state index in [-0.39, 0.29) is 7.43 Å². The Morgan fingerprint density at radius 2 is 1.89 bits per heavy atom. The first-order valence-electron chi connectivity index (χ1n) is 12.1. The fraction of sp³-hybridized carbons (Fsp3) is 0.321. The van der Waals surface area contributed by atoms with E-state index in [1.54, 1.807) is 16.8 Å². The van der Waals surface area contributed by atoms with Crippen LogP contribution in [0.3, 0.4) is 0 Å². The van der Waals surface area contributed by atoms with Gasteiger partial charge in [0.05, 0.1) is 30.8 Å². The van der Waals surface area contributed by atoms with Gasteiger partial charge in [0.15, 0.2) is 5.65 Å². The largest absolute Gasteiger partial charge is 0.437 e. The van der Waals surface area contributed by atoms with E-state index in [2.05, 4.69) is 15.2 Å². The predicted molar refractivity (Wildman–Crippen MR) is 145 cm³/mol. The molecule has 1 fully saturated rings. The highest BCUT2D eigenvalue weighted by Crippen LogP contribution is 2.30. The molecule has 9 heteroatoms. The summed E-state index contributed by atoms with van der Waals surface area (Å²) in [5.41, 5.74) is 11.0. The number of ether oxygens (including phenoxy) is 2. The Kier molecular flexibility index (Phi) is 8.05. The second-order valence-electron chi connectivity index (χ2n) is 8.92. The summed E-state index contributed by atoms with van der Waals surface area (Å²) >= 11 is 0. The number of aromatic nitrogens is 3. The van der Waals surface area contributed by atoms with Gasteiger partial charge in [-0.2, -0.15) is 0 Å². The number of aryl methyl sites for hydroxylation is 2. The van der Waals surface area contributed by atoms with Crippen LogP contribution < -0.4 is 15.8 Å². The van der Waals surface area contributed by atoms with E-state index < -0.39 is 5.91 Å².